The third-order valence-corrected chi connectivity index (χ3v) is 3.24. The van der Waals surface area contributed by atoms with Crippen LogP contribution in [0.15, 0.2) is 6.20 Å². The van der Waals surface area contributed by atoms with E-state index in [1.165, 1.54) is 11.3 Å². The van der Waals surface area contributed by atoms with E-state index in [0.717, 1.165) is 18.9 Å². The summed E-state index contributed by atoms with van der Waals surface area (Å²) in [5, 5.41) is 8.12. The SMILES string of the molecule is Cc1nnc2ncc3c(n12)CN(C(C)C)C3. The van der Waals surface area contributed by atoms with Gasteiger partial charge in [-0.25, -0.2) is 4.98 Å². The van der Waals surface area contributed by atoms with Crippen molar-refractivity contribution in [2.45, 2.75) is 39.9 Å². The van der Waals surface area contributed by atoms with Crippen molar-refractivity contribution in [2.24, 2.45) is 0 Å². The molecule has 0 atom stereocenters. The van der Waals surface area contributed by atoms with Gasteiger partial charge < -0.3 is 0 Å². The van der Waals surface area contributed by atoms with E-state index in [1.54, 1.807) is 0 Å². The number of aromatic nitrogens is 4. The number of nitrogens with zero attached hydrogens (tertiary/aromatic N) is 5. The Labute approximate surface area is 94.1 Å². The highest BCUT2D eigenvalue weighted by atomic mass is 15.3. The molecule has 0 fully saturated rings. The molecule has 84 valence electrons. The van der Waals surface area contributed by atoms with Crippen LogP contribution in [0.3, 0.4) is 0 Å². The minimum absolute atomic E-state index is 0.555. The van der Waals surface area contributed by atoms with Crippen LogP contribution in [-0.2, 0) is 13.1 Å². The molecule has 0 aliphatic carbocycles. The molecule has 3 heterocycles. The first-order valence-corrected chi connectivity index (χ1v) is 5.59. The largest absolute Gasteiger partial charge is 0.291 e. The van der Waals surface area contributed by atoms with E-state index in [2.05, 4.69) is 38.3 Å². The summed E-state index contributed by atoms with van der Waals surface area (Å²) in [7, 11) is 0. The van der Waals surface area contributed by atoms with Crippen LogP contribution in [0.25, 0.3) is 5.78 Å². The van der Waals surface area contributed by atoms with Crippen LogP contribution in [0.5, 0.6) is 0 Å². The molecule has 0 bridgehead atoms. The van der Waals surface area contributed by atoms with Gasteiger partial charge in [0.25, 0.3) is 5.78 Å². The van der Waals surface area contributed by atoms with Crippen molar-refractivity contribution in [2.75, 3.05) is 0 Å². The third kappa shape index (κ3) is 1.24. The number of aryl methyl sites for hydroxylation is 1. The van der Waals surface area contributed by atoms with Crippen molar-refractivity contribution in [3.63, 3.8) is 0 Å². The first kappa shape index (κ1) is 9.72. The summed E-state index contributed by atoms with van der Waals surface area (Å²) >= 11 is 0. The van der Waals surface area contributed by atoms with Crippen LogP contribution in [0, 0.1) is 6.92 Å². The lowest BCUT2D eigenvalue weighted by atomic mass is 10.3. The van der Waals surface area contributed by atoms with E-state index < -0.39 is 0 Å². The maximum absolute atomic E-state index is 4.33. The van der Waals surface area contributed by atoms with Gasteiger partial charge in [-0.05, 0) is 20.8 Å². The number of fused-ring (bicyclic) bond motifs is 3. The molecular weight excluding hydrogens is 202 g/mol. The van der Waals surface area contributed by atoms with Gasteiger partial charge in [-0.15, -0.1) is 10.2 Å². The number of hydrogen-bond acceptors (Lipinski definition) is 4. The van der Waals surface area contributed by atoms with E-state index in [0.29, 0.717) is 11.8 Å². The van der Waals surface area contributed by atoms with Gasteiger partial charge in [0.15, 0.2) is 0 Å². The molecule has 0 N–H and O–H groups in total. The fourth-order valence-corrected chi connectivity index (χ4v) is 2.24. The molecule has 16 heavy (non-hydrogen) atoms. The minimum Gasteiger partial charge on any atom is -0.291 e. The van der Waals surface area contributed by atoms with Gasteiger partial charge in [0, 0.05) is 36.6 Å². The molecule has 5 heteroatoms. The molecule has 0 spiro atoms. The highest BCUT2D eigenvalue weighted by molar-refractivity contribution is 5.36. The van der Waals surface area contributed by atoms with Crippen LogP contribution in [0.1, 0.15) is 30.9 Å². The van der Waals surface area contributed by atoms with E-state index in [1.807, 2.05) is 13.1 Å². The highest BCUT2D eigenvalue weighted by Gasteiger charge is 2.24. The standard InChI is InChI=1S/C11H15N5/c1-7(2)15-5-9-4-12-11-14-13-8(3)16(11)10(9)6-15/h4,7H,5-6H2,1-3H3. The van der Waals surface area contributed by atoms with Crippen molar-refractivity contribution in [3.8, 4) is 0 Å². The topological polar surface area (TPSA) is 46.3 Å². The van der Waals surface area contributed by atoms with Crippen molar-refractivity contribution < 1.29 is 0 Å². The zero-order valence-electron chi connectivity index (χ0n) is 9.80. The van der Waals surface area contributed by atoms with E-state index in [-0.39, 0.29) is 0 Å². The molecule has 5 nitrogen and oxygen atoms in total. The van der Waals surface area contributed by atoms with Gasteiger partial charge in [-0.3, -0.25) is 9.30 Å². The van der Waals surface area contributed by atoms with E-state index in [9.17, 15) is 0 Å². The van der Waals surface area contributed by atoms with Gasteiger partial charge >= 0.3 is 0 Å². The molecule has 0 unspecified atom stereocenters. The maximum Gasteiger partial charge on any atom is 0.255 e. The van der Waals surface area contributed by atoms with Crippen LogP contribution in [-0.4, -0.2) is 30.5 Å². The molecule has 0 aromatic carbocycles. The molecule has 0 saturated heterocycles. The predicted molar refractivity (Wildman–Crippen MR) is 59.9 cm³/mol. The van der Waals surface area contributed by atoms with Gasteiger partial charge in [-0.1, -0.05) is 0 Å². The average Bonchev–Trinajstić information content (AvgIpc) is 2.81. The van der Waals surface area contributed by atoms with Crippen molar-refractivity contribution in [1.29, 1.82) is 0 Å². The van der Waals surface area contributed by atoms with Crippen molar-refractivity contribution in [1.82, 2.24) is 24.5 Å². The van der Waals surface area contributed by atoms with Crippen LogP contribution < -0.4 is 0 Å². The molecule has 0 saturated carbocycles. The Hall–Kier alpha value is -1.49. The van der Waals surface area contributed by atoms with Crippen molar-refractivity contribution >= 4 is 5.78 Å². The lowest BCUT2D eigenvalue weighted by Gasteiger charge is -2.18. The Balaban J connectivity index is 2.16. The Kier molecular flexibility index (Phi) is 1.97. The third-order valence-electron chi connectivity index (χ3n) is 3.24. The first-order valence-electron chi connectivity index (χ1n) is 5.59. The molecule has 2 aromatic rings. The Morgan fingerprint density at radius 2 is 2.06 bits per heavy atom. The Morgan fingerprint density at radius 1 is 1.25 bits per heavy atom. The fourth-order valence-electron chi connectivity index (χ4n) is 2.24. The predicted octanol–water partition coefficient (Wildman–Crippen LogP) is 1.16. The Morgan fingerprint density at radius 3 is 2.81 bits per heavy atom. The first-order chi connectivity index (χ1) is 7.66. The monoisotopic (exact) mass is 217 g/mol. The van der Waals surface area contributed by atoms with Crippen LogP contribution in [0.4, 0.5) is 0 Å². The molecule has 0 radical (unpaired) electrons. The second-order valence-electron chi connectivity index (χ2n) is 4.61. The minimum atomic E-state index is 0.555. The summed E-state index contributed by atoms with van der Waals surface area (Å²) in [5.74, 6) is 1.63. The highest BCUT2D eigenvalue weighted by Crippen LogP contribution is 2.24. The van der Waals surface area contributed by atoms with E-state index >= 15 is 0 Å². The smallest absolute Gasteiger partial charge is 0.255 e. The summed E-state index contributed by atoms with van der Waals surface area (Å²) < 4.78 is 2.07. The lowest BCUT2D eigenvalue weighted by molar-refractivity contribution is 0.225. The average molecular weight is 217 g/mol. The molecule has 1 aliphatic rings. The van der Waals surface area contributed by atoms with Crippen molar-refractivity contribution in [3.05, 3.63) is 23.3 Å². The zero-order valence-corrected chi connectivity index (χ0v) is 9.80. The second kappa shape index (κ2) is 3.25. The number of hydrogen-bond donors (Lipinski definition) is 0. The van der Waals surface area contributed by atoms with Crippen LogP contribution >= 0.6 is 0 Å². The summed E-state index contributed by atoms with van der Waals surface area (Å²) in [4.78, 5) is 6.75. The quantitative estimate of drug-likeness (QED) is 0.719. The number of rotatable bonds is 1. The summed E-state index contributed by atoms with van der Waals surface area (Å²) in [5.41, 5.74) is 2.59. The van der Waals surface area contributed by atoms with Gasteiger partial charge in [0.2, 0.25) is 0 Å². The molecule has 1 aliphatic heterocycles. The van der Waals surface area contributed by atoms with Crippen LogP contribution in [0.2, 0.25) is 0 Å². The van der Waals surface area contributed by atoms with Gasteiger partial charge in [0.1, 0.15) is 5.82 Å². The van der Waals surface area contributed by atoms with E-state index in [4.69, 9.17) is 0 Å². The molecule has 3 rings (SSSR count). The second-order valence-corrected chi connectivity index (χ2v) is 4.61. The summed E-state index contributed by atoms with van der Waals surface area (Å²) in [6, 6.07) is 0.555. The lowest BCUT2D eigenvalue weighted by Crippen LogP contribution is -2.24. The van der Waals surface area contributed by atoms with Gasteiger partial charge in [0.05, 0.1) is 0 Å². The molecule has 0 amide bonds. The maximum atomic E-state index is 4.33. The summed E-state index contributed by atoms with van der Waals surface area (Å²) in [6.45, 7) is 8.35. The fraction of sp³-hybridized carbons (Fsp3) is 0.545. The molecule has 2 aromatic heterocycles. The zero-order chi connectivity index (χ0) is 11.3. The molecular formula is C11H15N5. The Bertz CT molecular complexity index is 543. The van der Waals surface area contributed by atoms with Gasteiger partial charge in [-0.2, -0.15) is 0 Å². The summed E-state index contributed by atoms with van der Waals surface area (Å²) in [6.07, 6.45) is 1.93. The normalized spacial score (nSPS) is 16.2.